The summed E-state index contributed by atoms with van der Waals surface area (Å²) < 4.78 is 31.0. The molecule has 1 aromatic carbocycles. The zero-order valence-corrected chi connectivity index (χ0v) is 17.6. The Labute approximate surface area is 176 Å². The molecular weight excluding hydrogens is 386 g/mol. The van der Waals surface area contributed by atoms with Crippen LogP contribution in [0.1, 0.15) is 39.0 Å². The molecule has 3 rings (SSSR count). The second-order valence-electron chi connectivity index (χ2n) is 8.12. The van der Waals surface area contributed by atoms with Crippen molar-refractivity contribution in [2.24, 2.45) is 0 Å². The standard InChI is InChI=1S/C22H26BFN2O4/c1-21(2)22(3,4)30-23(29-21)17(12-19-13-18(24)10-11-25-19)14-26-20(27)28-15-16-8-6-5-7-9-16/h5-13H,14-15H2,1-4H3,(H,26,27). The van der Waals surface area contributed by atoms with Gasteiger partial charge in [-0.3, -0.25) is 4.98 Å². The van der Waals surface area contributed by atoms with Gasteiger partial charge in [-0.15, -0.1) is 0 Å². The van der Waals surface area contributed by atoms with E-state index in [1.807, 2.05) is 58.0 Å². The Hall–Kier alpha value is -2.71. The second-order valence-corrected chi connectivity index (χ2v) is 8.12. The second kappa shape index (κ2) is 8.98. The van der Waals surface area contributed by atoms with Crippen molar-refractivity contribution in [3.8, 4) is 0 Å². The number of nitrogens with one attached hydrogen (secondary N) is 1. The third kappa shape index (κ3) is 5.46. The lowest BCUT2D eigenvalue weighted by Crippen LogP contribution is -2.41. The molecule has 0 bridgehead atoms. The van der Waals surface area contributed by atoms with Crippen LogP contribution in [0.2, 0.25) is 0 Å². The minimum atomic E-state index is -0.713. The molecule has 0 spiro atoms. The molecule has 1 aromatic heterocycles. The molecule has 0 atom stereocenters. The molecule has 1 amide bonds. The van der Waals surface area contributed by atoms with E-state index in [-0.39, 0.29) is 13.2 Å². The Morgan fingerprint density at radius 3 is 2.47 bits per heavy atom. The monoisotopic (exact) mass is 412 g/mol. The number of alkyl carbamates (subject to hydrolysis) is 1. The fraction of sp³-hybridized carbons (Fsp3) is 0.364. The predicted molar refractivity (Wildman–Crippen MR) is 113 cm³/mol. The SMILES string of the molecule is CC1(C)OB(C(=Cc2cc(F)ccn2)CNC(=O)OCc2ccccc2)OC1(C)C. The number of halogens is 1. The first kappa shape index (κ1) is 22.0. The molecule has 1 aliphatic heterocycles. The van der Waals surface area contributed by atoms with Crippen LogP contribution in [0.15, 0.2) is 54.1 Å². The molecule has 2 aromatic rings. The van der Waals surface area contributed by atoms with Crippen molar-refractivity contribution in [2.45, 2.75) is 45.5 Å². The highest BCUT2D eigenvalue weighted by atomic mass is 19.1. The van der Waals surface area contributed by atoms with Crippen LogP contribution in [0.4, 0.5) is 9.18 Å². The summed E-state index contributed by atoms with van der Waals surface area (Å²) in [4.78, 5) is 16.3. The van der Waals surface area contributed by atoms with Crippen LogP contribution in [0.25, 0.3) is 6.08 Å². The lowest BCUT2D eigenvalue weighted by atomic mass is 9.77. The highest BCUT2D eigenvalue weighted by molar-refractivity contribution is 6.56. The number of hydrogen-bond acceptors (Lipinski definition) is 5. The Morgan fingerprint density at radius 2 is 1.83 bits per heavy atom. The maximum Gasteiger partial charge on any atom is 0.492 e. The van der Waals surface area contributed by atoms with E-state index in [0.29, 0.717) is 11.2 Å². The van der Waals surface area contributed by atoms with Gasteiger partial charge in [0.25, 0.3) is 0 Å². The number of benzene rings is 1. The largest absolute Gasteiger partial charge is 0.492 e. The molecule has 6 nitrogen and oxygen atoms in total. The van der Waals surface area contributed by atoms with Gasteiger partial charge < -0.3 is 19.4 Å². The number of amides is 1. The molecule has 2 heterocycles. The van der Waals surface area contributed by atoms with Gasteiger partial charge in [0.05, 0.1) is 16.9 Å². The van der Waals surface area contributed by atoms with Gasteiger partial charge in [-0.1, -0.05) is 30.3 Å². The summed E-state index contributed by atoms with van der Waals surface area (Å²) in [6.45, 7) is 8.01. The summed E-state index contributed by atoms with van der Waals surface area (Å²) in [5.41, 5.74) is 0.779. The molecule has 0 unspecified atom stereocenters. The van der Waals surface area contributed by atoms with Crippen molar-refractivity contribution in [3.05, 3.63) is 71.2 Å². The van der Waals surface area contributed by atoms with Crippen molar-refractivity contribution in [2.75, 3.05) is 6.54 Å². The van der Waals surface area contributed by atoms with Crippen molar-refractivity contribution in [1.29, 1.82) is 0 Å². The maximum absolute atomic E-state index is 13.6. The van der Waals surface area contributed by atoms with Crippen LogP contribution < -0.4 is 5.32 Å². The Morgan fingerprint density at radius 1 is 1.17 bits per heavy atom. The van der Waals surface area contributed by atoms with Crippen LogP contribution >= 0.6 is 0 Å². The summed E-state index contributed by atoms with van der Waals surface area (Å²) in [6.07, 6.45) is 2.46. The lowest BCUT2D eigenvalue weighted by Gasteiger charge is -2.32. The number of carbonyl (C=O) groups is 1. The molecule has 1 N–H and O–H groups in total. The van der Waals surface area contributed by atoms with Gasteiger partial charge in [0.2, 0.25) is 0 Å². The average Bonchev–Trinajstić information content (AvgIpc) is 2.91. The minimum Gasteiger partial charge on any atom is -0.445 e. The average molecular weight is 412 g/mol. The maximum atomic E-state index is 13.6. The van der Waals surface area contributed by atoms with Crippen LogP contribution in [0.5, 0.6) is 0 Å². The summed E-state index contributed by atoms with van der Waals surface area (Å²) in [5, 5.41) is 2.71. The molecular formula is C22H26BFN2O4. The van der Waals surface area contributed by atoms with E-state index in [9.17, 15) is 9.18 Å². The highest BCUT2D eigenvalue weighted by Gasteiger charge is 2.52. The topological polar surface area (TPSA) is 69.7 Å². The van der Waals surface area contributed by atoms with E-state index in [2.05, 4.69) is 10.3 Å². The third-order valence-corrected chi connectivity index (χ3v) is 5.28. The van der Waals surface area contributed by atoms with Gasteiger partial charge in [-0.25, -0.2) is 9.18 Å². The zero-order chi connectivity index (χ0) is 21.8. The van der Waals surface area contributed by atoms with E-state index in [0.717, 1.165) is 5.56 Å². The quantitative estimate of drug-likeness (QED) is 0.722. The molecule has 0 radical (unpaired) electrons. The number of ether oxygens (including phenoxy) is 1. The van der Waals surface area contributed by atoms with E-state index >= 15 is 0 Å². The summed E-state index contributed by atoms with van der Waals surface area (Å²) in [7, 11) is -0.713. The van der Waals surface area contributed by atoms with Gasteiger partial charge in [0, 0.05) is 12.7 Å². The Bertz CT molecular complexity index is 902. The first-order chi connectivity index (χ1) is 14.2. The van der Waals surface area contributed by atoms with Crippen LogP contribution in [-0.4, -0.2) is 35.9 Å². The Kier molecular flexibility index (Phi) is 6.58. The first-order valence-electron chi connectivity index (χ1n) is 9.78. The van der Waals surface area contributed by atoms with Crippen LogP contribution in [0.3, 0.4) is 0 Å². The van der Waals surface area contributed by atoms with Gasteiger partial charge in [-0.05, 0) is 56.9 Å². The Balaban J connectivity index is 1.71. The van der Waals surface area contributed by atoms with Gasteiger partial charge in [0.1, 0.15) is 12.4 Å². The number of nitrogens with zero attached hydrogens (tertiary/aromatic N) is 1. The van der Waals surface area contributed by atoms with E-state index < -0.39 is 30.2 Å². The van der Waals surface area contributed by atoms with Crippen molar-refractivity contribution < 1.29 is 23.2 Å². The first-order valence-corrected chi connectivity index (χ1v) is 9.78. The predicted octanol–water partition coefficient (Wildman–Crippen LogP) is 4.16. The number of aromatic nitrogens is 1. The summed E-state index contributed by atoms with van der Waals surface area (Å²) in [5.74, 6) is -0.403. The number of carbonyl (C=O) groups excluding carboxylic acids is 1. The van der Waals surface area contributed by atoms with E-state index in [1.165, 1.54) is 18.3 Å². The fourth-order valence-corrected chi connectivity index (χ4v) is 2.84. The van der Waals surface area contributed by atoms with E-state index in [1.54, 1.807) is 6.08 Å². The normalized spacial score (nSPS) is 17.6. The number of hydrogen-bond donors (Lipinski definition) is 1. The van der Waals surface area contributed by atoms with Crippen LogP contribution in [0, 0.1) is 5.82 Å². The molecule has 1 aliphatic rings. The van der Waals surface area contributed by atoms with E-state index in [4.69, 9.17) is 14.0 Å². The number of pyridine rings is 1. The third-order valence-electron chi connectivity index (χ3n) is 5.28. The molecule has 1 fully saturated rings. The zero-order valence-electron chi connectivity index (χ0n) is 17.6. The highest BCUT2D eigenvalue weighted by Crippen LogP contribution is 2.38. The minimum absolute atomic E-state index is 0.0998. The summed E-state index contributed by atoms with van der Waals surface area (Å²) in [6, 6.07) is 12.0. The number of rotatable bonds is 6. The van der Waals surface area contributed by atoms with Gasteiger partial charge in [0.15, 0.2) is 0 Å². The molecule has 0 saturated carbocycles. The van der Waals surface area contributed by atoms with Crippen LogP contribution in [-0.2, 0) is 20.7 Å². The van der Waals surface area contributed by atoms with Crippen molar-refractivity contribution in [1.82, 2.24) is 10.3 Å². The smallest absolute Gasteiger partial charge is 0.445 e. The van der Waals surface area contributed by atoms with Crippen molar-refractivity contribution in [3.63, 3.8) is 0 Å². The molecule has 8 heteroatoms. The fourth-order valence-electron chi connectivity index (χ4n) is 2.84. The molecule has 30 heavy (non-hydrogen) atoms. The lowest BCUT2D eigenvalue weighted by molar-refractivity contribution is 0.00578. The van der Waals surface area contributed by atoms with Gasteiger partial charge in [-0.2, -0.15) is 0 Å². The molecule has 0 aliphatic carbocycles. The van der Waals surface area contributed by atoms with Gasteiger partial charge >= 0.3 is 13.2 Å². The summed E-state index contributed by atoms with van der Waals surface area (Å²) >= 11 is 0. The molecule has 1 saturated heterocycles. The molecule has 158 valence electrons. The van der Waals surface area contributed by atoms with Crippen molar-refractivity contribution >= 4 is 19.3 Å².